The lowest BCUT2D eigenvalue weighted by atomic mass is 10.1. The van der Waals surface area contributed by atoms with Crippen molar-refractivity contribution >= 4 is 17.5 Å². The summed E-state index contributed by atoms with van der Waals surface area (Å²) in [5.41, 5.74) is 3.10. The number of ether oxygens (including phenoxy) is 1. The average molecular weight is 420 g/mol. The van der Waals surface area contributed by atoms with E-state index in [-0.39, 0.29) is 5.91 Å². The second-order valence-corrected chi connectivity index (χ2v) is 8.15. The Balaban J connectivity index is 1.64. The Morgan fingerprint density at radius 1 is 1.17 bits per heavy atom. The lowest BCUT2D eigenvalue weighted by molar-refractivity contribution is 0.0144. The number of carbonyl (C=O) groups is 1. The van der Waals surface area contributed by atoms with Gasteiger partial charge in [-0.05, 0) is 37.5 Å². The number of amides is 1. The number of hydrogen-bond acceptors (Lipinski definition) is 3. The highest BCUT2D eigenvalue weighted by molar-refractivity contribution is 6.34. The van der Waals surface area contributed by atoms with Crippen molar-refractivity contribution in [3.8, 4) is 17.5 Å². The first-order chi connectivity index (χ1) is 14.4. The molecule has 1 aliphatic heterocycles. The molecule has 4 rings (SSSR count). The molecule has 152 valence electrons. The zero-order chi connectivity index (χ0) is 21.3. The van der Waals surface area contributed by atoms with Crippen molar-refractivity contribution in [2.24, 2.45) is 0 Å². The molecule has 0 unspecified atom stereocenters. The minimum Gasteiger partial charge on any atom is -0.358 e. The zero-order valence-corrected chi connectivity index (χ0v) is 17.9. The molecule has 2 aromatic carbocycles. The van der Waals surface area contributed by atoms with Crippen LogP contribution in [0.4, 0.5) is 0 Å². The Bertz CT molecular complexity index is 1160. The number of benzene rings is 2. The van der Waals surface area contributed by atoms with Crippen LogP contribution >= 0.6 is 11.6 Å². The van der Waals surface area contributed by atoms with Crippen LogP contribution in [0.5, 0.6) is 0 Å². The normalized spacial score (nSPS) is 13.2. The van der Waals surface area contributed by atoms with Crippen LogP contribution in [0.3, 0.4) is 0 Å². The van der Waals surface area contributed by atoms with Crippen LogP contribution in [-0.4, -0.2) is 33.0 Å². The van der Waals surface area contributed by atoms with Gasteiger partial charge in [0.15, 0.2) is 0 Å². The molecule has 3 aromatic rings. The van der Waals surface area contributed by atoms with Crippen molar-refractivity contribution in [2.75, 3.05) is 7.05 Å². The molecule has 1 aromatic heterocycles. The molecule has 5 nitrogen and oxygen atoms in total. The second kappa shape index (κ2) is 7.98. The summed E-state index contributed by atoms with van der Waals surface area (Å²) in [7, 11) is 1.75. The summed E-state index contributed by atoms with van der Waals surface area (Å²) >= 11 is 6.33. The monoisotopic (exact) mass is 419 g/mol. The lowest BCUT2D eigenvalue weighted by Crippen LogP contribution is -2.25. The maximum absolute atomic E-state index is 12.8. The van der Waals surface area contributed by atoms with Gasteiger partial charge in [0.2, 0.25) is 0 Å². The molecule has 0 atom stereocenters. The number of hydrogen-bond donors (Lipinski definition) is 0. The summed E-state index contributed by atoms with van der Waals surface area (Å²) < 4.78 is 7.90. The van der Waals surface area contributed by atoms with Crippen molar-refractivity contribution in [1.82, 2.24) is 14.5 Å². The molecule has 0 radical (unpaired) electrons. The second-order valence-electron chi connectivity index (χ2n) is 7.74. The topological polar surface area (TPSA) is 47.4 Å². The number of halogens is 1. The van der Waals surface area contributed by atoms with E-state index in [4.69, 9.17) is 16.3 Å². The fraction of sp³-hybridized carbons (Fsp3) is 0.250. The Labute approximate surface area is 181 Å². The minimum atomic E-state index is -0.653. The molecule has 0 N–H and O–H groups in total. The maximum Gasteiger partial charge on any atom is 0.257 e. The van der Waals surface area contributed by atoms with Crippen molar-refractivity contribution < 1.29 is 9.53 Å². The van der Waals surface area contributed by atoms with Crippen molar-refractivity contribution in [3.63, 3.8) is 0 Å². The highest BCUT2D eigenvalue weighted by Crippen LogP contribution is 2.30. The zero-order valence-electron chi connectivity index (χ0n) is 17.1. The van der Waals surface area contributed by atoms with E-state index in [2.05, 4.69) is 16.8 Å². The molecule has 0 saturated carbocycles. The van der Waals surface area contributed by atoms with Gasteiger partial charge in [-0.3, -0.25) is 9.36 Å². The van der Waals surface area contributed by atoms with Gasteiger partial charge in [0.1, 0.15) is 17.6 Å². The van der Waals surface area contributed by atoms with Crippen LogP contribution in [0.25, 0.3) is 5.69 Å². The highest BCUT2D eigenvalue weighted by Gasteiger charge is 2.27. The molecule has 0 fully saturated rings. The number of imidazole rings is 1. The van der Waals surface area contributed by atoms with Gasteiger partial charge in [-0.1, -0.05) is 53.9 Å². The van der Waals surface area contributed by atoms with Crippen LogP contribution in [0.15, 0.2) is 54.9 Å². The molecule has 1 aliphatic rings. The number of rotatable bonds is 3. The van der Waals surface area contributed by atoms with Crippen molar-refractivity contribution in [2.45, 2.75) is 32.6 Å². The third kappa shape index (κ3) is 3.97. The van der Waals surface area contributed by atoms with Crippen LogP contribution < -0.4 is 0 Å². The molecular formula is C24H22ClN3O2. The van der Waals surface area contributed by atoms with E-state index in [0.29, 0.717) is 35.1 Å². The summed E-state index contributed by atoms with van der Waals surface area (Å²) in [6.07, 6.45) is 1.69. The summed E-state index contributed by atoms with van der Waals surface area (Å²) in [6, 6.07) is 15.4. The molecule has 2 heterocycles. The van der Waals surface area contributed by atoms with Crippen LogP contribution in [0.1, 0.15) is 41.2 Å². The third-order valence-corrected chi connectivity index (χ3v) is 5.30. The average Bonchev–Trinajstić information content (AvgIpc) is 3.09. The molecule has 0 saturated heterocycles. The first-order valence-electron chi connectivity index (χ1n) is 9.67. The first kappa shape index (κ1) is 20.2. The minimum absolute atomic E-state index is 0.121. The van der Waals surface area contributed by atoms with Gasteiger partial charge in [-0.25, -0.2) is 4.98 Å². The third-order valence-electron chi connectivity index (χ3n) is 4.99. The van der Waals surface area contributed by atoms with Crippen molar-refractivity contribution in [1.29, 1.82) is 0 Å². The van der Waals surface area contributed by atoms with E-state index in [1.165, 1.54) is 0 Å². The van der Waals surface area contributed by atoms with Crippen molar-refractivity contribution in [3.05, 3.63) is 82.4 Å². The highest BCUT2D eigenvalue weighted by atomic mass is 35.5. The first-order valence-corrected chi connectivity index (χ1v) is 10.0. The van der Waals surface area contributed by atoms with Gasteiger partial charge in [0, 0.05) is 7.05 Å². The molecule has 30 heavy (non-hydrogen) atoms. The van der Waals surface area contributed by atoms with Crippen LogP contribution in [0, 0.1) is 11.8 Å². The molecule has 0 bridgehead atoms. The van der Waals surface area contributed by atoms with Gasteiger partial charge in [-0.15, -0.1) is 0 Å². The maximum atomic E-state index is 12.8. The number of nitrogens with zero attached hydrogens (tertiary/aromatic N) is 3. The molecule has 6 heteroatoms. The fourth-order valence-electron chi connectivity index (χ4n) is 3.33. The molecular weight excluding hydrogens is 398 g/mol. The largest absolute Gasteiger partial charge is 0.358 e. The lowest BCUT2D eigenvalue weighted by Gasteiger charge is -2.19. The molecule has 1 amide bonds. The van der Waals surface area contributed by atoms with E-state index in [9.17, 15) is 4.79 Å². The SMILES string of the molecule is CN1Cc2c(C#CC(C)(C)OCc3ccccc3)ncn2-c2cccc(Cl)c2C1=O. The van der Waals surface area contributed by atoms with E-state index >= 15 is 0 Å². The van der Waals surface area contributed by atoms with E-state index in [1.54, 1.807) is 24.3 Å². The smallest absolute Gasteiger partial charge is 0.257 e. The number of fused-ring (bicyclic) bond motifs is 3. The summed E-state index contributed by atoms with van der Waals surface area (Å²) in [4.78, 5) is 19.0. The standard InChI is InChI=1S/C24H22ClN3O2/c1-24(2,30-15-17-8-5-4-6-9-17)13-12-19-21-14-27(3)23(29)22-18(25)10-7-11-20(22)28(21)16-26-19/h4-11,16H,14-15H2,1-3H3. The van der Waals surface area contributed by atoms with E-state index in [0.717, 1.165) is 11.3 Å². The van der Waals surface area contributed by atoms with Gasteiger partial charge in [0.25, 0.3) is 5.91 Å². The van der Waals surface area contributed by atoms with Gasteiger partial charge in [-0.2, -0.15) is 0 Å². The van der Waals surface area contributed by atoms with E-state index < -0.39 is 5.60 Å². The Morgan fingerprint density at radius 3 is 2.70 bits per heavy atom. The number of carbonyl (C=O) groups excluding carboxylic acids is 1. The fourth-order valence-corrected chi connectivity index (χ4v) is 3.58. The summed E-state index contributed by atoms with van der Waals surface area (Å²) in [6.45, 7) is 4.73. The Hall–Kier alpha value is -3.07. The summed E-state index contributed by atoms with van der Waals surface area (Å²) in [5.74, 6) is 6.23. The quantitative estimate of drug-likeness (QED) is 0.589. The van der Waals surface area contributed by atoms with Crippen LogP contribution in [-0.2, 0) is 17.9 Å². The number of aromatic nitrogens is 2. The molecule has 0 aliphatic carbocycles. The molecule has 0 spiro atoms. The predicted octanol–water partition coefficient (Wildman–Crippen LogP) is 4.46. The predicted molar refractivity (Wildman–Crippen MR) is 117 cm³/mol. The van der Waals surface area contributed by atoms with E-state index in [1.807, 2.05) is 60.9 Å². The van der Waals surface area contributed by atoms with Crippen LogP contribution in [0.2, 0.25) is 5.02 Å². The Kier molecular flexibility index (Phi) is 5.38. The van der Waals surface area contributed by atoms with Gasteiger partial charge < -0.3 is 9.64 Å². The van der Waals surface area contributed by atoms with Gasteiger partial charge in [0.05, 0.1) is 35.1 Å². The van der Waals surface area contributed by atoms with Gasteiger partial charge >= 0.3 is 0 Å². The Morgan fingerprint density at radius 2 is 1.93 bits per heavy atom. The summed E-state index contributed by atoms with van der Waals surface area (Å²) in [5, 5.41) is 0.425.